The fourth-order valence-electron chi connectivity index (χ4n) is 2.01. The fourth-order valence-corrected chi connectivity index (χ4v) is 2.85. The fraction of sp³-hybridized carbons (Fsp3) is 0.733. The summed E-state index contributed by atoms with van der Waals surface area (Å²) in [6.07, 6.45) is 0.397. The quantitative estimate of drug-likeness (QED) is 0.801. The molecule has 3 N–H and O–H groups in total. The number of nitrogens with two attached hydrogens (primary N) is 1. The maximum atomic E-state index is 11.6. The van der Waals surface area contributed by atoms with Crippen molar-refractivity contribution in [2.24, 2.45) is 5.73 Å². The van der Waals surface area contributed by atoms with Crippen molar-refractivity contribution < 1.29 is 9.53 Å². The average Bonchev–Trinajstić information content (AvgIpc) is 2.78. The van der Waals surface area contributed by atoms with Gasteiger partial charge in [0.1, 0.15) is 5.60 Å². The third kappa shape index (κ3) is 6.72. The Labute approximate surface area is 137 Å². The molecule has 0 aliphatic carbocycles. The Hall–Kier alpha value is -1.18. The number of carbonyl (C=O) groups excluding carboxylic acids is 1. The first kappa shape index (κ1) is 18.9. The minimum absolute atomic E-state index is 0.205. The Morgan fingerprint density at radius 3 is 2.73 bits per heavy atom. The van der Waals surface area contributed by atoms with E-state index in [-0.39, 0.29) is 12.1 Å². The second kappa shape index (κ2) is 8.45. The molecule has 1 aromatic rings. The predicted molar refractivity (Wildman–Crippen MR) is 90.0 cm³/mol. The van der Waals surface area contributed by atoms with E-state index in [1.807, 2.05) is 40.3 Å². The molecule has 6 nitrogen and oxygen atoms in total. The van der Waals surface area contributed by atoms with Crippen LogP contribution in [0, 0.1) is 6.92 Å². The van der Waals surface area contributed by atoms with Crippen LogP contribution in [0.4, 0.5) is 4.79 Å². The summed E-state index contributed by atoms with van der Waals surface area (Å²) in [7, 11) is 2.05. The van der Waals surface area contributed by atoms with Gasteiger partial charge >= 0.3 is 6.09 Å². The van der Waals surface area contributed by atoms with Crippen molar-refractivity contribution in [3.05, 3.63) is 16.1 Å². The topological polar surface area (TPSA) is 80.5 Å². The van der Waals surface area contributed by atoms with E-state index in [0.29, 0.717) is 13.1 Å². The monoisotopic (exact) mass is 328 g/mol. The average molecular weight is 328 g/mol. The van der Waals surface area contributed by atoms with Gasteiger partial charge in [0.15, 0.2) is 0 Å². The van der Waals surface area contributed by atoms with Crippen molar-refractivity contribution >= 4 is 17.4 Å². The zero-order valence-corrected chi connectivity index (χ0v) is 15.0. The molecule has 0 aromatic carbocycles. The third-order valence-electron chi connectivity index (χ3n) is 3.28. The molecule has 0 saturated carbocycles. The van der Waals surface area contributed by atoms with Crippen molar-refractivity contribution in [3.8, 4) is 0 Å². The number of hydrogen-bond acceptors (Lipinski definition) is 6. The molecule has 1 rings (SSSR count). The van der Waals surface area contributed by atoms with E-state index in [2.05, 4.69) is 15.2 Å². The summed E-state index contributed by atoms with van der Waals surface area (Å²) < 4.78 is 5.21. The number of aryl methyl sites for hydroxylation is 1. The second-order valence-electron chi connectivity index (χ2n) is 6.38. The second-order valence-corrected chi connectivity index (χ2v) is 7.32. The van der Waals surface area contributed by atoms with Crippen molar-refractivity contribution in [2.45, 2.75) is 52.3 Å². The van der Waals surface area contributed by atoms with Crippen LogP contribution in [0.5, 0.6) is 0 Å². The minimum Gasteiger partial charge on any atom is -0.444 e. The van der Waals surface area contributed by atoms with E-state index in [4.69, 9.17) is 10.5 Å². The number of alkyl carbamates (subject to hydrolysis) is 1. The highest BCUT2D eigenvalue weighted by Gasteiger charge is 2.18. The summed E-state index contributed by atoms with van der Waals surface area (Å²) in [5.74, 6) is 0. The standard InChI is InChI=1S/C15H28N4O2S/c1-11-13(22-10-18-11)9-19(5)12(8-16)6-7-17-14(20)21-15(2,3)4/h10,12H,6-9,16H2,1-5H3,(H,17,20). The molecule has 1 aromatic heterocycles. The normalized spacial score (nSPS) is 13.2. The lowest BCUT2D eigenvalue weighted by molar-refractivity contribution is 0.0522. The summed E-state index contributed by atoms with van der Waals surface area (Å²) in [6, 6.07) is 0.205. The number of thiazole rings is 1. The molecule has 0 aliphatic heterocycles. The highest BCUT2D eigenvalue weighted by atomic mass is 32.1. The van der Waals surface area contributed by atoms with Crippen LogP contribution in [0.2, 0.25) is 0 Å². The number of rotatable bonds is 7. The van der Waals surface area contributed by atoms with Gasteiger partial charge in [0, 0.05) is 30.6 Å². The lowest BCUT2D eigenvalue weighted by atomic mass is 10.1. The molecule has 1 amide bonds. The van der Waals surface area contributed by atoms with Crippen LogP contribution in [-0.2, 0) is 11.3 Å². The van der Waals surface area contributed by atoms with Gasteiger partial charge in [0.2, 0.25) is 0 Å². The molecular weight excluding hydrogens is 300 g/mol. The molecule has 0 saturated heterocycles. The molecule has 1 atom stereocenters. The van der Waals surface area contributed by atoms with Gasteiger partial charge in [-0.1, -0.05) is 0 Å². The Morgan fingerprint density at radius 2 is 2.23 bits per heavy atom. The number of likely N-dealkylation sites (N-methyl/N-ethyl adjacent to an activating group) is 1. The first-order valence-electron chi connectivity index (χ1n) is 7.49. The largest absolute Gasteiger partial charge is 0.444 e. The van der Waals surface area contributed by atoms with Crippen LogP contribution in [0.15, 0.2) is 5.51 Å². The van der Waals surface area contributed by atoms with Gasteiger partial charge in [-0.15, -0.1) is 11.3 Å². The Balaban J connectivity index is 2.38. The molecule has 0 aliphatic rings. The molecular formula is C15H28N4O2S. The van der Waals surface area contributed by atoms with Gasteiger partial charge in [0.25, 0.3) is 0 Å². The number of carbonyl (C=O) groups is 1. The number of nitrogens with zero attached hydrogens (tertiary/aromatic N) is 2. The maximum Gasteiger partial charge on any atom is 0.407 e. The SMILES string of the molecule is Cc1ncsc1CN(C)C(CN)CCNC(=O)OC(C)(C)C. The number of aromatic nitrogens is 1. The van der Waals surface area contributed by atoms with Crippen LogP contribution in [0.25, 0.3) is 0 Å². The van der Waals surface area contributed by atoms with Gasteiger partial charge in [-0.25, -0.2) is 9.78 Å². The number of amides is 1. The van der Waals surface area contributed by atoms with Gasteiger partial charge in [0.05, 0.1) is 11.2 Å². The Bertz CT molecular complexity index is 470. The first-order valence-corrected chi connectivity index (χ1v) is 8.37. The van der Waals surface area contributed by atoms with Crippen LogP contribution in [0.1, 0.15) is 37.8 Å². The third-order valence-corrected chi connectivity index (χ3v) is 4.20. The van der Waals surface area contributed by atoms with Gasteiger partial charge in [-0.3, -0.25) is 4.90 Å². The van der Waals surface area contributed by atoms with E-state index < -0.39 is 5.60 Å². The summed E-state index contributed by atoms with van der Waals surface area (Å²) in [5, 5.41) is 2.78. The van der Waals surface area contributed by atoms with E-state index in [1.165, 1.54) is 4.88 Å². The van der Waals surface area contributed by atoms with E-state index in [0.717, 1.165) is 18.7 Å². The predicted octanol–water partition coefficient (Wildman–Crippen LogP) is 2.13. The maximum absolute atomic E-state index is 11.6. The van der Waals surface area contributed by atoms with Crippen LogP contribution in [-0.4, -0.2) is 47.8 Å². The van der Waals surface area contributed by atoms with Crippen LogP contribution < -0.4 is 11.1 Å². The molecule has 126 valence electrons. The molecule has 1 unspecified atom stereocenters. The minimum atomic E-state index is -0.474. The lowest BCUT2D eigenvalue weighted by Crippen LogP contribution is -2.41. The number of hydrogen-bond donors (Lipinski definition) is 2. The molecule has 1 heterocycles. The van der Waals surface area contributed by atoms with Gasteiger partial charge in [-0.2, -0.15) is 0 Å². The van der Waals surface area contributed by atoms with Crippen molar-refractivity contribution in [3.63, 3.8) is 0 Å². The summed E-state index contributed by atoms with van der Waals surface area (Å²) in [6.45, 7) is 9.47. The highest BCUT2D eigenvalue weighted by Crippen LogP contribution is 2.16. The van der Waals surface area contributed by atoms with E-state index >= 15 is 0 Å². The first-order chi connectivity index (χ1) is 10.2. The highest BCUT2D eigenvalue weighted by molar-refractivity contribution is 7.09. The molecule has 0 radical (unpaired) electrons. The summed E-state index contributed by atoms with van der Waals surface area (Å²) >= 11 is 1.66. The summed E-state index contributed by atoms with van der Waals surface area (Å²) in [4.78, 5) is 19.3. The van der Waals surface area contributed by atoms with Crippen molar-refractivity contribution in [2.75, 3.05) is 20.1 Å². The molecule has 22 heavy (non-hydrogen) atoms. The van der Waals surface area contributed by atoms with Crippen LogP contribution in [0.3, 0.4) is 0 Å². The van der Waals surface area contributed by atoms with Crippen molar-refractivity contribution in [1.82, 2.24) is 15.2 Å². The summed E-state index contributed by atoms with van der Waals surface area (Å²) in [5.41, 5.74) is 8.32. The number of ether oxygens (including phenoxy) is 1. The molecule has 0 spiro atoms. The van der Waals surface area contributed by atoms with Crippen molar-refractivity contribution in [1.29, 1.82) is 0 Å². The van der Waals surface area contributed by atoms with E-state index in [1.54, 1.807) is 11.3 Å². The Kier molecular flexibility index (Phi) is 7.25. The van der Waals surface area contributed by atoms with Crippen LogP contribution >= 0.6 is 11.3 Å². The molecule has 0 fully saturated rings. The van der Waals surface area contributed by atoms with Gasteiger partial charge < -0.3 is 15.8 Å². The zero-order chi connectivity index (χ0) is 16.8. The van der Waals surface area contributed by atoms with Gasteiger partial charge in [-0.05, 0) is 41.2 Å². The number of nitrogens with one attached hydrogen (secondary N) is 1. The molecule has 7 heteroatoms. The van der Waals surface area contributed by atoms with E-state index in [9.17, 15) is 4.79 Å². The Morgan fingerprint density at radius 1 is 1.55 bits per heavy atom. The smallest absolute Gasteiger partial charge is 0.407 e. The lowest BCUT2D eigenvalue weighted by Gasteiger charge is -2.27. The molecule has 0 bridgehead atoms. The zero-order valence-electron chi connectivity index (χ0n) is 14.2.